The Labute approximate surface area is 67.7 Å². The third kappa shape index (κ3) is 2.30. The molecule has 0 atom stereocenters. The molecular formula is C6H8F2N4. The minimum absolute atomic E-state index is 0.404. The van der Waals surface area contributed by atoms with Crippen molar-refractivity contribution in [2.75, 3.05) is 0 Å². The monoisotopic (exact) mass is 174 g/mol. The molecule has 0 aliphatic carbocycles. The summed E-state index contributed by atoms with van der Waals surface area (Å²) in [5, 5.41) is 6.90. The highest BCUT2D eigenvalue weighted by atomic mass is 19.3. The topological polar surface area (TPSA) is 56.2 Å². The van der Waals surface area contributed by atoms with E-state index in [2.05, 4.69) is 10.2 Å². The molecule has 0 aliphatic heterocycles. The molecule has 1 heterocycles. The molecule has 6 heteroatoms. The number of nitrogens with two attached hydrogens (primary N) is 1. The predicted molar refractivity (Wildman–Crippen MR) is 40.0 cm³/mol. The van der Waals surface area contributed by atoms with Crippen molar-refractivity contribution in [3.05, 3.63) is 18.0 Å². The lowest BCUT2D eigenvalue weighted by Gasteiger charge is -1.96. The highest BCUT2D eigenvalue weighted by Crippen LogP contribution is 1.99. The van der Waals surface area contributed by atoms with Gasteiger partial charge in [0.2, 0.25) is 0 Å². The third-order valence-electron chi connectivity index (χ3n) is 1.20. The third-order valence-corrected chi connectivity index (χ3v) is 1.20. The van der Waals surface area contributed by atoms with Gasteiger partial charge in [0.15, 0.2) is 0 Å². The van der Waals surface area contributed by atoms with Gasteiger partial charge in [0.05, 0.1) is 12.4 Å². The fourth-order valence-electron chi connectivity index (χ4n) is 0.774. The molecule has 1 aromatic heterocycles. The van der Waals surface area contributed by atoms with Crippen LogP contribution in [-0.2, 0) is 6.54 Å². The second kappa shape index (κ2) is 3.80. The average molecular weight is 174 g/mol. The van der Waals surface area contributed by atoms with Crippen LogP contribution in [0.25, 0.3) is 0 Å². The van der Waals surface area contributed by atoms with Gasteiger partial charge in [-0.3, -0.25) is 4.68 Å². The van der Waals surface area contributed by atoms with Gasteiger partial charge in [-0.15, -0.1) is 0 Å². The Kier molecular flexibility index (Phi) is 2.73. The fourth-order valence-corrected chi connectivity index (χ4v) is 0.774. The van der Waals surface area contributed by atoms with Crippen LogP contribution in [0.2, 0.25) is 0 Å². The number of hydrogen-bond acceptors (Lipinski definition) is 3. The Balaban J connectivity index is 2.64. The van der Waals surface area contributed by atoms with Crippen molar-refractivity contribution in [2.45, 2.75) is 13.0 Å². The molecule has 0 fully saturated rings. The largest absolute Gasteiger partial charge is 0.323 e. The van der Waals surface area contributed by atoms with Crippen LogP contribution in [0.1, 0.15) is 5.56 Å². The van der Waals surface area contributed by atoms with Gasteiger partial charge in [0, 0.05) is 11.8 Å². The number of alkyl halides is 2. The first-order valence-electron chi connectivity index (χ1n) is 3.26. The summed E-state index contributed by atoms with van der Waals surface area (Å²) in [4.78, 5) is 0. The summed E-state index contributed by atoms with van der Waals surface area (Å²) in [6.45, 7) is -0.404. The molecule has 2 N–H and O–H groups in total. The van der Waals surface area contributed by atoms with Crippen molar-refractivity contribution in [1.82, 2.24) is 9.78 Å². The van der Waals surface area contributed by atoms with Crippen LogP contribution in [-0.4, -0.2) is 22.4 Å². The number of aromatic nitrogens is 2. The van der Waals surface area contributed by atoms with Gasteiger partial charge in [0.1, 0.15) is 6.54 Å². The molecule has 0 aromatic carbocycles. The molecule has 0 saturated heterocycles. The van der Waals surface area contributed by atoms with Crippen molar-refractivity contribution in [3.8, 4) is 0 Å². The van der Waals surface area contributed by atoms with Crippen LogP contribution in [0, 0.1) is 0 Å². The second-order valence-electron chi connectivity index (χ2n) is 2.16. The van der Waals surface area contributed by atoms with Crippen molar-refractivity contribution in [2.24, 2.45) is 10.9 Å². The van der Waals surface area contributed by atoms with E-state index in [0.717, 1.165) is 4.68 Å². The minimum Gasteiger partial charge on any atom is -0.323 e. The Morgan fingerprint density at radius 3 is 3.08 bits per heavy atom. The van der Waals surface area contributed by atoms with Crippen LogP contribution in [0.15, 0.2) is 17.5 Å². The van der Waals surface area contributed by atoms with E-state index in [1.54, 1.807) is 0 Å². The van der Waals surface area contributed by atoms with Crippen LogP contribution < -0.4 is 5.84 Å². The molecule has 12 heavy (non-hydrogen) atoms. The first kappa shape index (κ1) is 8.63. The van der Waals surface area contributed by atoms with Crippen molar-refractivity contribution >= 4 is 6.21 Å². The van der Waals surface area contributed by atoms with Gasteiger partial charge in [-0.25, -0.2) is 8.78 Å². The zero-order valence-corrected chi connectivity index (χ0v) is 6.19. The lowest BCUT2D eigenvalue weighted by Crippen LogP contribution is -2.06. The lowest BCUT2D eigenvalue weighted by molar-refractivity contribution is 0.122. The van der Waals surface area contributed by atoms with E-state index in [1.165, 1.54) is 18.6 Å². The van der Waals surface area contributed by atoms with Crippen molar-refractivity contribution in [1.29, 1.82) is 0 Å². The maximum absolute atomic E-state index is 11.8. The van der Waals surface area contributed by atoms with Gasteiger partial charge in [0.25, 0.3) is 6.43 Å². The first-order chi connectivity index (χ1) is 5.72. The van der Waals surface area contributed by atoms with Crippen molar-refractivity contribution in [3.63, 3.8) is 0 Å². The molecule has 4 nitrogen and oxygen atoms in total. The Morgan fingerprint density at radius 2 is 2.50 bits per heavy atom. The predicted octanol–water partition coefficient (Wildman–Crippen LogP) is 0.441. The van der Waals surface area contributed by atoms with E-state index in [0.29, 0.717) is 5.56 Å². The number of halogens is 2. The number of hydrazone groups is 1. The van der Waals surface area contributed by atoms with Crippen LogP contribution in [0.3, 0.4) is 0 Å². The summed E-state index contributed by atoms with van der Waals surface area (Å²) in [6, 6.07) is 0. The zero-order valence-electron chi connectivity index (χ0n) is 6.19. The standard InChI is InChI=1S/C6H8F2N4/c7-6(8)4-12-3-5(1-10-9)2-11-12/h1-3,6H,4,9H2/b10-1+. The SMILES string of the molecule is N/N=C/c1cnn(CC(F)F)c1. The molecule has 1 rings (SSSR count). The molecule has 0 saturated carbocycles. The van der Waals surface area contributed by atoms with Gasteiger partial charge < -0.3 is 5.84 Å². The quantitative estimate of drug-likeness (QED) is 0.410. The zero-order chi connectivity index (χ0) is 8.97. The van der Waals surface area contributed by atoms with E-state index >= 15 is 0 Å². The fraction of sp³-hybridized carbons (Fsp3) is 0.333. The van der Waals surface area contributed by atoms with Gasteiger partial charge in [-0.2, -0.15) is 10.2 Å². The van der Waals surface area contributed by atoms with E-state index in [1.807, 2.05) is 0 Å². The maximum atomic E-state index is 11.8. The Morgan fingerprint density at radius 1 is 1.75 bits per heavy atom. The summed E-state index contributed by atoms with van der Waals surface area (Å²) in [6.07, 6.45) is 1.81. The summed E-state index contributed by atoms with van der Waals surface area (Å²) in [5.74, 6) is 4.86. The summed E-state index contributed by atoms with van der Waals surface area (Å²) >= 11 is 0. The molecule has 0 spiro atoms. The Hall–Kier alpha value is -1.46. The van der Waals surface area contributed by atoms with E-state index in [4.69, 9.17) is 5.84 Å². The van der Waals surface area contributed by atoms with Crippen molar-refractivity contribution < 1.29 is 8.78 Å². The highest BCUT2D eigenvalue weighted by Gasteiger charge is 2.04. The molecule has 0 bridgehead atoms. The molecule has 0 unspecified atom stereocenters. The molecule has 1 aromatic rings. The summed E-state index contributed by atoms with van der Waals surface area (Å²) in [5.41, 5.74) is 0.609. The average Bonchev–Trinajstić information content (AvgIpc) is 2.36. The van der Waals surface area contributed by atoms with Gasteiger partial charge in [-0.05, 0) is 0 Å². The maximum Gasteiger partial charge on any atom is 0.257 e. The summed E-state index contributed by atoms with van der Waals surface area (Å²) < 4.78 is 24.7. The molecule has 66 valence electrons. The molecular weight excluding hydrogens is 166 g/mol. The van der Waals surface area contributed by atoms with Gasteiger partial charge >= 0.3 is 0 Å². The van der Waals surface area contributed by atoms with Crippen LogP contribution in [0.4, 0.5) is 8.78 Å². The molecule has 0 aliphatic rings. The van der Waals surface area contributed by atoms with Gasteiger partial charge in [-0.1, -0.05) is 0 Å². The van der Waals surface area contributed by atoms with Crippen LogP contribution >= 0.6 is 0 Å². The molecule has 0 radical (unpaired) electrons. The number of rotatable bonds is 3. The van der Waals surface area contributed by atoms with E-state index in [9.17, 15) is 8.78 Å². The van der Waals surface area contributed by atoms with E-state index < -0.39 is 13.0 Å². The first-order valence-corrected chi connectivity index (χ1v) is 3.26. The Bertz CT molecular complexity index is 268. The highest BCUT2D eigenvalue weighted by molar-refractivity contribution is 5.78. The minimum atomic E-state index is -2.40. The lowest BCUT2D eigenvalue weighted by atomic mass is 10.4. The smallest absolute Gasteiger partial charge is 0.257 e. The normalized spacial score (nSPS) is 11.6. The number of hydrogen-bond donors (Lipinski definition) is 1. The van der Waals surface area contributed by atoms with Crippen LogP contribution in [0.5, 0.6) is 0 Å². The van der Waals surface area contributed by atoms with E-state index in [-0.39, 0.29) is 0 Å². The second-order valence-corrected chi connectivity index (χ2v) is 2.16. The summed E-state index contributed by atoms with van der Waals surface area (Å²) in [7, 11) is 0. The number of nitrogens with zero attached hydrogens (tertiary/aromatic N) is 3. The molecule has 0 amide bonds.